The number of aromatic nitrogens is 2. The summed E-state index contributed by atoms with van der Waals surface area (Å²) >= 11 is 5.93. The van der Waals surface area contributed by atoms with Crippen molar-refractivity contribution < 1.29 is 0 Å². The van der Waals surface area contributed by atoms with E-state index in [0.717, 1.165) is 17.3 Å². The molecule has 0 fully saturated rings. The summed E-state index contributed by atoms with van der Waals surface area (Å²) in [5.41, 5.74) is 1.26. The van der Waals surface area contributed by atoms with E-state index in [1.165, 1.54) is 5.56 Å². The summed E-state index contributed by atoms with van der Waals surface area (Å²) in [7, 11) is 2.02. The first kappa shape index (κ1) is 14.1. The molecular formula is C15H20ClN3. The molecule has 0 bridgehead atoms. The quantitative estimate of drug-likeness (QED) is 0.899. The SMILES string of the molecule is CCC(NC(C)c1nccn1C)c1ccc(Cl)cc1. The first-order valence-electron chi connectivity index (χ1n) is 6.60. The lowest BCUT2D eigenvalue weighted by Gasteiger charge is -2.22. The predicted octanol–water partition coefficient (Wildman–Crippen LogP) is 3.88. The maximum Gasteiger partial charge on any atom is 0.125 e. The topological polar surface area (TPSA) is 29.9 Å². The van der Waals surface area contributed by atoms with E-state index in [1.807, 2.05) is 36.1 Å². The van der Waals surface area contributed by atoms with Crippen LogP contribution in [0.3, 0.4) is 0 Å². The van der Waals surface area contributed by atoms with Gasteiger partial charge in [0, 0.05) is 30.5 Å². The molecule has 0 aliphatic heterocycles. The summed E-state index contributed by atoms with van der Waals surface area (Å²) in [5.74, 6) is 1.05. The normalized spacial score (nSPS) is 14.3. The van der Waals surface area contributed by atoms with Gasteiger partial charge in [-0.25, -0.2) is 4.98 Å². The fourth-order valence-electron chi connectivity index (χ4n) is 2.32. The molecule has 2 unspecified atom stereocenters. The van der Waals surface area contributed by atoms with Gasteiger partial charge in [-0.15, -0.1) is 0 Å². The number of hydrogen-bond donors (Lipinski definition) is 1. The number of nitrogens with one attached hydrogen (secondary N) is 1. The fraction of sp³-hybridized carbons (Fsp3) is 0.400. The molecule has 2 aromatic rings. The highest BCUT2D eigenvalue weighted by Crippen LogP contribution is 2.22. The Morgan fingerprint density at radius 1 is 1.32 bits per heavy atom. The van der Waals surface area contributed by atoms with Crippen LogP contribution in [0.1, 0.15) is 43.7 Å². The third kappa shape index (κ3) is 3.37. The minimum absolute atomic E-state index is 0.209. The summed E-state index contributed by atoms with van der Waals surface area (Å²) in [6, 6.07) is 8.55. The Kier molecular flexibility index (Phi) is 4.61. The zero-order valence-electron chi connectivity index (χ0n) is 11.6. The number of rotatable bonds is 5. The van der Waals surface area contributed by atoms with Crippen molar-refractivity contribution in [3.63, 3.8) is 0 Å². The maximum absolute atomic E-state index is 5.93. The van der Waals surface area contributed by atoms with Crippen LogP contribution in [-0.4, -0.2) is 9.55 Å². The van der Waals surface area contributed by atoms with Gasteiger partial charge in [0.15, 0.2) is 0 Å². The Morgan fingerprint density at radius 2 is 2.00 bits per heavy atom. The first-order valence-corrected chi connectivity index (χ1v) is 6.98. The molecule has 0 aliphatic carbocycles. The number of benzene rings is 1. The molecule has 0 aliphatic rings. The second kappa shape index (κ2) is 6.22. The van der Waals surface area contributed by atoms with Crippen LogP contribution >= 0.6 is 11.6 Å². The number of imidazole rings is 1. The van der Waals surface area contributed by atoms with Gasteiger partial charge in [0.2, 0.25) is 0 Å². The number of halogens is 1. The molecule has 1 N–H and O–H groups in total. The average Bonchev–Trinajstić information content (AvgIpc) is 2.83. The van der Waals surface area contributed by atoms with Gasteiger partial charge in [0.25, 0.3) is 0 Å². The summed E-state index contributed by atoms with van der Waals surface area (Å²) in [6.45, 7) is 4.32. The lowest BCUT2D eigenvalue weighted by atomic mass is 10.0. The van der Waals surface area contributed by atoms with Crippen molar-refractivity contribution in [2.24, 2.45) is 7.05 Å². The van der Waals surface area contributed by atoms with Crippen LogP contribution in [0, 0.1) is 0 Å². The summed E-state index contributed by atoms with van der Waals surface area (Å²) < 4.78 is 2.05. The van der Waals surface area contributed by atoms with Crippen LogP contribution in [0.15, 0.2) is 36.7 Å². The molecule has 3 nitrogen and oxygen atoms in total. The van der Waals surface area contributed by atoms with E-state index in [2.05, 4.69) is 36.3 Å². The zero-order chi connectivity index (χ0) is 13.8. The first-order chi connectivity index (χ1) is 9.11. The van der Waals surface area contributed by atoms with Crippen LogP contribution in [0.25, 0.3) is 0 Å². The van der Waals surface area contributed by atoms with E-state index in [0.29, 0.717) is 6.04 Å². The third-order valence-corrected chi connectivity index (χ3v) is 3.63. The Hall–Kier alpha value is -1.32. The molecule has 0 amide bonds. The molecule has 2 rings (SSSR count). The molecule has 4 heteroatoms. The zero-order valence-corrected chi connectivity index (χ0v) is 12.4. The Labute approximate surface area is 119 Å². The Balaban J connectivity index is 2.11. The number of aryl methyl sites for hydroxylation is 1. The van der Waals surface area contributed by atoms with Gasteiger partial charge in [-0.05, 0) is 31.0 Å². The average molecular weight is 278 g/mol. The van der Waals surface area contributed by atoms with Crippen molar-refractivity contribution >= 4 is 11.6 Å². The van der Waals surface area contributed by atoms with Crippen molar-refractivity contribution in [3.05, 3.63) is 53.1 Å². The second-order valence-corrected chi connectivity index (χ2v) is 5.23. The highest BCUT2D eigenvalue weighted by Gasteiger charge is 2.16. The standard InChI is InChI=1S/C15H20ClN3/c1-4-14(12-5-7-13(16)8-6-12)18-11(2)15-17-9-10-19(15)3/h5-11,14,18H,4H2,1-3H3. The third-order valence-electron chi connectivity index (χ3n) is 3.38. The molecule has 0 radical (unpaired) electrons. The van der Waals surface area contributed by atoms with Crippen LogP contribution in [0.5, 0.6) is 0 Å². The molecule has 2 atom stereocenters. The number of hydrogen-bond acceptors (Lipinski definition) is 2. The largest absolute Gasteiger partial charge is 0.337 e. The molecule has 0 spiro atoms. The van der Waals surface area contributed by atoms with Gasteiger partial charge in [-0.3, -0.25) is 0 Å². The number of nitrogens with zero attached hydrogens (tertiary/aromatic N) is 2. The van der Waals surface area contributed by atoms with Gasteiger partial charge < -0.3 is 9.88 Å². The molecule has 102 valence electrons. The molecule has 1 heterocycles. The monoisotopic (exact) mass is 277 g/mol. The second-order valence-electron chi connectivity index (χ2n) is 4.80. The van der Waals surface area contributed by atoms with E-state index in [-0.39, 0.29) is 6.04 Å². The van der Waals surface area contributed by atoms with E-state index in [9.17, 15) is 0 Å². The smallest absolute Gasteiger partial charge is 0.125 e. The van der Waals surface area contributed by atoms with Crippen molar-refractivity contribution in [1.29, 1.82) is 0 Å². The molecule has 0 saturated heterocycles. The van der Waals surface area contributed by atoms with E-state index < -0.39 is 0 Å². The van der Waals surface area contributed by atoms with Crippen LogP contribution < -0.4 is 5.32 Å². The van der Waals surface area contributed by atoms with E-state index >= 15 is 0 Å². The van der Waals surface area contributed by atoms with Gasteiger partial charge in [0.05, 0.1) is 6.04 Å². The van der Waals surface area contributed by atoms with E-state index in [1.54, 1.807) is 0 Å². The van der Waals surface area contributed by atoms with Gasteiger partial charge >= 0.3 is 0 Å². The van der Waals surface area contributed by atoms with Crippen molar-refractivity contribution in [1.82, 2.24) is 14.9 Å². The van der Waals surface area contributed by atoms with E-state index in [4.69, 9.17) is 11.6 Å². The molecule has 0 saturated carbocycles. The van der Waals surface area contributed by atoms with Gasteiger partial charge in [-0.1, -0.05) is 30.7 Å². The maximum atomic E-state index is 5.93. The van der Waals surface area contributed by atoms with Gasteiger partial charge in [-0.2, -0.15) is 0 Å². The lowest BCUT2D eigenvalue weighted by molar-refractivity contribution is 0.435. The molecule has 1 aromatic carbocycles. The van der Waals surface area contributed by atoms with Crippen molar-refractivity contribution in [3.8, 4) is 0 Å². The summed E-state index contributed by atoms with van der Waals surface area (Å²) in [4.78, 5) is 4.39. The van der Waals surface area contributed by atoms with Gasteiger partial charge in [0.1, 0.15) is 5.82 Å². The van der Waals surface area contributed by atoms with Crippen molar-refractivity contribution in [2.75, 3.05) is 0 Å². The predicted molar refractivity (Wildman–Crippen MR) is 79.2 cm³/mol. The minimum Gasteiger partial charge on any atom is -0.337 e. The lowest BCUT2D eigenvalue weighted by Crippen LogP contribution is -2.26. The van der Waals surface area contributed by atoms with Crippen LogP contribution in [0.4, 0.5) is 0 Å². The summed E-state index contributed by atoms with van der Waals surface area (Å²) in [6.07, 6.45) is 4.82. The Bertz CT molecular complexity index is 518. The Morgan fingerprint density at radius 3 is 2.53 bits per heavy atom. The molecular weight excluding hydrogens is 258 g/mol. The highest BCUT2D eigenvalue weighted by atomic mass is 35.5. The highest BCUT2D eigenvalue weighted by molar-refractivity contribution is 6.30. The van der Waals surface area contributed by atoms with Crippen LogP contribution in [-0.2, 0) is 7.05 Å². The van der Waals surface area contributed by atoms with Crippen molar-refractivity contribution in [2.45, 2.75) is 32.4 Å². The molecule has 19 heavy (non-hydrogen) atoms. The molecule has 1 aromatic heterocycles. The fourth-order valence-corrected chi connectivity index (χ4v) is 2.44. The van der Waals surface area contributed by atoms with Crippen LogP contribution in [0.2, 0.25) is 5.02 Å². The minimum atomic E-state index is 0.209. The summed E-state index contributed by atoms with van der Waals surface area (Å²) in [5, 5.41) is 4.39.